The molecule has 2 aliphatic carbocycles. The monoisotopic (exact) mass is 286 g/mol. The van der Waals surface area contributed by atoms with Gasteiger partial charge in [0.15, 0.2) is 0 Å². The van der Waals surface area contributed by atoms with Crippen LogP contribution in [-0.2, 0) is 6.54 Å². The van der Waals surface area contributed by atoms with Crippen LogP contribution in [0, 0.1) is 12.3 Å². The molecule has 0 bridgehead atoms. The Balaban J connectivity index is 1.58. The van der Waals surface area contributed by atoms with E-state index in [9.17, 15) is 0 Å². The second-order valence-electron chi connectivity index (χ2n) is 7.46. The maximum absolute atomic E-state index is 3.79. The Bertz CT molecular complexity index is 458. The van der Waals surface area contributed by atoms with E-state index in [0.29, 0.717) is 5.41 Å². The zero-order valence-corrected chi connectivity index (χ0v) is 13.7. The summed E-state index contributed by atoms with van der Waals surface area (Å²) in [7, 11) is 2.30. The average Bonchev–Trinajstić information content (AvgIpc) is 3.19. The van der Waals surface area contributed by atoms with Crippen LogP contribution in [-0.4, -0.2) is 31.1 Å². The molecular weight excluding hydrogens is 256 g/mol. The summed E-state index contributed by atoms with van der Waals surface area (Å²) >= 11 is 0. The average molecular weight is 286 g/mol. The summed E-state index contributed by atoms with van der Waals surface area (Å²) in [5.74, 6) is 0. The molecule has 0 aliphatic heterocycles. The molecule has 2 heteroatoms. The van der Waals surface area contributed by atoms with Crippen molar-refractivity contribution < 1.29 is 0 Å². The molecule has 1 aromatic rings. The third-order valence-electron chi connectivity index (χ3n) is 5.31. The number of benzene rings is 1. The number of nitrogens with zero attached hydrogens (tertiary/aromatic N) is 1. The minimum absolute atomic E-state index is 0.528. The van der Waals surface area contributed by atoms with E-state index in [1.807, 2.05) is 0 Å². The standard InChI is InChI=1S/C19H30N2/c1-16-7-3-4-8-17(16)13-21(2)15-19(11-5-6-12-19)14-20-18-9-10-18/h3-4,7-8,18,20H,5-6,9-15H2,1-2H3. The first-order valence-electron chi connectivity index (χ1n) is 8.63. The van der Waals surface area contributed by atoms with Crippen LogP contribution < -0.4 is 5.32 Å². The molecule has 2 fully saturated rings. The van der Waals surface area contributed by atoms with Gasteiger partial charge in [-0.3, -0.25) is 0 Å². The molecule has 2 nitrogen and oxygen atoms in total. The van der Waals surface area contributed by atoms with Gasteiger partial charge < -0.3 is 10.2 Å². The molecule has 0 spiro atoms. The lowest BCUT2D eigenvalue weighted by atomic mass is 9.85. The molecule has 2 aliphatic rings. The zero-order valence-electron chi connectivity index (χ0n) is 13.7. The van der Waals surface area contributed by atoms with Gasteiger partial charge in [0.1, 0.15) is 0 Å². The Morgan fingerprint density at radius 2 is 1.90 bits per heavy atom. The summed E-state index contributed by atoms with van der Waals surface area (Å²) < 4.78 is 0. The van der Waals surface area contributed by atoms with Gasteiger partial charge in [0.2, 0.25) is 0 Å². The molecule has 0 heterocycles. The van der Waals surface area contributed by atoms with Gasteiger partial charge in [-0.2, -0.15) is 0 Å². The van der Waals surface area contributed by atoms with Crippen molar-refractivity contribution in [3.63, 3.8) is 0 Å². The molecule has 0 saturated heterocycles. The SMILES string of the molecule is Cc1ccccc1CN(C)CC1(CNC2CC2)CCCC1. The van der Waals surface area contributed by atoms with Gasteiger partial charge in [-0.15, -0.1) is 0 Å². The van der Waals surface area contributed by atoms with E-state index in [4.69, 9.17) is 0 Å². The molecule has 1 N–H and O–H groups in total. The fourth-order valence-corrected chi connectivity index (χ4v) is 3.87. The van der Waals surface area contributed by atoms with Crippen molar-refractivity contribution in [2.24, 2.45) is 5.41 Å². The lowest BCUT2D eigenvalue weighted by molar-refractivity contribution is 0.167. The van der Waals surface area contributed by atoms with Crippen LogP contribution in [0.25, 0.3) is 0 Å². The lowest BCUT2D eigenvalue weighted by Gasteiger charge is -2.34. The van der Waals surface area contributed by atoms with Crippen molar-refractivity contribution >= 4 is 0 Å². The van der Waals surface area contributed by atoms with Crippen molar-refractivity contribution in [1.29, 1.82) is 0 Å². The van der Waals surface area contributed by atoms with E-state index in [-0.39, 0.29) is 0 Å². The van der Waals surface area contributed by atoms with E-state index < -0.39 is 0 Å². The Kier molecular flexibility index (Phi) is 4.66. The van der Waals surface area contributed by atoms with Gasteiger partial charge >= 0.3 is 0 Å². The largest absolute Gasteiger partial charge is 0.313 e. The Morgan fingerprint density at radius 1 is 1.19 bits per heavy atom. The number of nitrogens with one attached hydrogen (secondary N) is 1. The highest BCUT2D eigenvalue weighted by Gasteiger charge is 2.36. The van der Waals surface area contributed by atoms with E-state index in [2.05, 4.69) is 48.5 Å². The summed E-state index contributed by atoms with van der Waals surface area (Å²) in [6.45, 7) is 5.78. The molecule has 0 amide bonds. The first-order valence-corrected chi connectivity index (χ1v) is 8.63. The topological polar surface area (TPSA) is 15.3 Å². The highest BCUT2D eigenvalue weighted by atomic mass is 15.1. The van der Waals surface area contributed by atoms with Gasteiger partial charge in [-0.25, -0.2) is 0 Å². The van der Waals surface area contributed by atoms with Crippen LogP contribution in [0.2, 0.25) is 0 Å². The van der Waals surface area contributed by atoms with Crippen LogP contribution in [0.3, 0.4) is 0 Å². The van der Waals surface area contributed by atoms with E-state index in [1.165, 1.54) is 62.7 Å². The number of rotatable bonds is 7. The van der Waals surface area contributed by atoms with E-state index in [0.717, 1.165) is 12.6 Å². The smallest absolute Gasteiger partial charge is 0.0233 e. The first-order chi connectivity index (χ1) is 10.2. The van der Waals surface area contributed by atoms with Gasteiger partial charge in [0.05, 0.1) is 0 Å². The molecule has 0 atom stereocenters. The Morgan fingerprint density at radius 3 is 2.57 bits per heavy atom. The summed E-state index contributed by atoms with van der Waals surface area (Å²) in [4.78, 5) is 2.54. The summed E-state index contributed by atoms with van der Waals surface area (Å²) in [6.07, 6.45) is 8.45. The molecule has 3 rings (SSSR count). The molecule has 0 radical (unpaired) electrons. The molecule has 0 unspecified atom stereocenters. The van der Waals surface area contributed by atoms with Crippen molar-refractivity contribution in [1.82, 2.24) is 10.2 Å². The fourth-order valence-electron chi connectivity index (χ4n) is 3.87. The Labute approximate surface area is 129 Å². The van der Waals surface area contributed by atoms with E-state index in [1.54, 1.807) is 0 Å². The molecule has 1 aromatic carbocycles. The highest BCUT2D eigenvalue weighted by molar-refractivity contribution is 5.25. The first kappa shape index (κ1) is 15.1. The zero-order chi connectivity index (χ0) is 14.7. The quantitative estimate of drug-likeness (QED) is 0.821. The fraction of sp³-hybridized carbons (Fsp3) is 0.684. The molecule has 0 aromatic heterocycles. The Hall–Kier alpha value is -0.860. The maximum Gasteiger partial charge on any atom is 0.0233 e. The minimum Gasteiger partial charge on any atom is -0.313 e. The minimum atomic E-state index is 0.528. The molecular formula is C19H30N2. The maximum atomic E-state index is 3.79. The van der Waals surface area contributed by atoms with Gasteiger partial charge in [0, 0.05) is 25.7 Å². The number of hydrogen-bond acceptors (Lipinski definition) is 2. The summed E-state index contributed by atoms with van der Waals surface area (Å²) in [6, 6.07) is 9.63. The van der Waals surface area contributed by atoms with Crippen LogP contribution in [0.4, 0.5) is 0 Å². The highest BCUT2D eigenvalue weighted by Crippen LogP contribution is 2.39. The number of aryl methyl sites for hydroxylation is 1. The normalized spacial score (nSPS) is 21.1. The number of hydrogen-bond donors (Lipinski definition) is 1. The van der Waals surface area contributed by atoms with Crippen LogP contribution in [0.1, 0.15) is 49.7 Å². The third-order valence-corrected chi connectivity index (χ3v) is 5.31. The summed E-state index contributed by atoms with van der Waals surface area (Å²) in [5.41, 5.74) is 3.42. The van der Waals surface area contributed by atoms with Gasteiger partial charge in [-0.05, 0) is 56.2 Å². The predicted octanol–water partition coefficient (Wildman–Crippen LogP) is 3.74. The van der Waals surface area contributed by atoms with Crippen molar-refractivity contribution in [2.45, 2.75) is 58.0 Å². The second-order valence-corrected chi connectivity index (χ2v) is 7.46. The van der Waals surface area contributed by atoms with Crippen molar-refractivity contribution in [2.75, 3.05) is 20.1 Å². The van der Waals surface area contributed by atoms with Crippen LogP contribution in [0.15, 0.2) is 24.3 Å². The van der Waals surface area contributed by atoms with Gasteiger partial charge in [0.25, 0.3) is 0 Å². The molecule has 2 saturated carbocycles. The second kappa shape index (κ2) is 6.50. The van der Waals surface area contributed by atoms with E-state index >= 15 is 0 Å². The molecule has 21 heavy (non-hydrogen) atoms. The van der Waals surface area contributed by atoms with Gasteiger partial charge in [-0.1, -0.05) is 37.1 Å². The van der Waals surface area contributed by atoms with Crippen molar-refractivity contribution in [3.8, 4) is 0 Å². The third kappa shape index (κ3) is 4.08. The molecule has 116 valence electrons. The van der Waals surface area contributed by atoms with Crippen LogP contribution >= 0.6 is 0 Å². The van der Waals surface area contributed by atoms with Crippen LogP contribution in [0.5, 0.6) is 0 Å². The predicted molar refractivity (Wildman–Crippen MR) is 89.4 cm³/mol. The summed E-state index contributed by atoms with van der Waals surface area (Å²) in [5, 5.41) is 3.79. The van der Waals surface area contributed by atoms with Crippen molar-refractivity contribution in [3.05, 3.63) is 35.4 Å². The lowest BCUT2D eigenvalue weighted by Crippen LogP contribution is -2.41.